The Morgan fingerprint density at radius 2 is 2.13 bits per heavy atom. The van der Waals surface area contributed by atoms with Crippen LogP contribution in [0.15, 0.2) is 49.1 Å². The highest BCUT2D eigenvalue weighted by molar-refractivity contribution is 5.45. The number of rotatable bonds is 3. The van der Waals surface area contributed by atoms with Gasteiger partial charge in [-0.2, -0.15) is 5.10 Å². The summed E-state index contributed by atoms with van der Waals surface area (Å²) in [5.41, 5.74) is 3.93. The maximum absolute atomic E-state index is 4.38. The lowest BCUT2D eigenvalue weighted by Gasteiger charge is -2.26. The van der Waals surface area contributed by atoms with Gasteiger partial charge in [-0.05, 0) is 42.9 Å². The van der Waals surface area contributed by atoms with Crippen molar-refractivity contribution in [3.05, 3.63) is 65.7 Å². The monoisotopic (exact) mass is 305 g/mol. The van der Waals surface area contributed by atoms with Gasteiger partial charge in [-0.1, -0.05) is 24.3 Å². The normalized spacial score (nSPS) is 16.8. The fourth-order valence-corrected chi connectivity index (χ4v) is 3.17. The van der Waals surface area contributed by atoms with Crippen LogP contribution in [0.25, 0.3) is 5.82 Å². The van der Waals surface area contributed by atoms with Crippen molar-refractivity contribution in [1.29, 1.82) is 0 Å². The Balaban J connectivity index is 1.61. The maximum Gasteiger partial charge on any atom is 0.158 e. The lowest BCUT2D eigenvalue weighted by molar-refractivity contribution is 0.598. The van der Waals surface area contributed by atoms with Gasteiger partial charge >= 0.3 is 0 Å². The van der Waals surface area contributed by atoms with E-state index >= 15 is 0 Å². The molecular formula is C18H19N5. The molecule has 2 heterocycles. The second-order valence-electron chi connectivity index (χ2n) is 6.01. The van der Waals surface area contributed by atoms with Crippen LogP contribution in [0.2, 0.25) is 0 Å². The number of hydrogen-bond acceptors (Lipinski definition) is 4. The predicted octanol–water partition coefficient (Wildman–Crippen LogP) is 3.46. The van der Waals surface area contributed by atoms with Gasteiger partial charge < -0.3 is 5.32 Å². The summed E-state index contributed by atoms with van der Waals surface area (Å²) in [6.45, 7) is 2.02. The summed E-state index contributed by atoms with van der Waals surface area (Å²) in [6.07, 6.45) is 8.86. The van der Waals surface area contributed by atoms with Crippen LogP contribution >= 0.6 is 0 Å². The average molecular weight is 305 g/mol. The molecule has 0 radical (unpaired) electrons. The molecule has 0 saturated carbocycles. The molecule has 5 heteroatoms. The van der Waals surface area contributed by atoms with Gasteiger partial charge in [0.1, 0.15) is 12.1 Å². The van der Waals surface area contributed by atoms with Crippen molar-refractivity contribution in [2.75, 3.05) is 5.32 Å². The molecule has 1 aliphatic rings. The number of aromatic nitrogens is 4. The van der Waals surface area contributed by atoms with Crippen LogP contribution in [0.1, 0.15) is 35.6 Å². The molecule has 1 atom stereocenters. The molecule has 0 spiro atoms. The molecule has 0 saturated heterocycles. The lowest BCUT2D eigenvalue weighted by Crippen LogP contribution is -2.18. The number of anilines is 1. The number of hydrogen-bond donors (Lipinski definition) is 1. The zero-order chi connectivity index (χ0) is 15.6. The van der Waals surface area contributed by atoms with Gasteiger partial charge in [0, 0.05) is 12.3 Å². The molecule has 4 rings (SSSR count). The Bertz CT molecular complexity index is 824. The van der Waals surface area contributed by atoms with Gasteiger partial charge in [0.2, 0.25) is 0 Å². The molecule has 0 amide bonds. The molecule has 2 aromatic heterocycles. The van der Waals surface area contributed by atoms with Crippen LogP contribution < -0.4 is 5.32 Å². The summed E-state index contributed by atoms with van der Waals surface area (Å²) in [7, 11) is 0. The molecule has 116 valence electrons. The summed E-state index contributed by atoms with van der Waals surface area (Å²) in [5.74, 6) is 1.62. The predicted molar refractivity (Wildman–Crippen MR) is 89.6 cm³/mol. The molecule has 0 aliphatic heterocycles. The first-order valence-electron chi connectivity index (χ1n) is 7.97. The Morgan fingerprint density at radius 3 is 3.00 bits per heavy atom. The maximum atomic E-state index is 4.38. The quantitative estimate of drug-likeness (QED) is 0.805. The topological polar surface area (TPSA) is 55.6 Å². The lowest BCUT2D eigenvalue weighted by atomic mass is 9.88. The second-order valence-corrected chi connectivity index (χ2v) is 6.01. The second kappa shape index (κ2) is 5.83. The van der Waals surface area contributed by atoms with Gasteiger partial charge in [-0.3, -0.25) is 0 Å². The minimum Gasteiger partial charge on any atom is -0.363 e. The molecular weight excluding hydrogens is 286 g/mol. The minimum absolute atomic E-state index is 0.307. The summed E-state index contributed by atoms with van der Waals surface area (Å²) in [5, 5.41) is 7.87. The van der Waals surface area contributed by atoms with E-state index in [0.29, 0.717) is 6.04 Å². The number of nitrogens with zero attached hydrogens (tertiary/aromatic N) is 4. The van der Waals surface area contributed by atoms with Crippen LogP contribution in [0, 0.1) is 6.92 Å². The van der Waals surface area contributed by atoms with Crippen LogP contribution in [0.3, 0.4) is 0 Å². The van der Waals surface area contributed by atoms with E-state index in [2.05, 4.69) is 44.6 Å². The van der Waals surface area contributed by atoms with Crippen LogP contribution in [-0.4, -0.2) is 19.7 Å². The average Bonchev–Trinajstić information content (AvgIpc) is 3.02. The Kier molecular flexibility index (Phi) is 3.54. The fourth-order valence-electron chi connectivity index (χ4n) is 3.17. The van der Waals surface area contributed by atoms with Gasteiger partial charge in [-0.25, -0.2) is 14.6 Å². The fraction of sp³-hybridized carbons (Fsp3) is 0.278. The molecule has 3 aromatic rings. The van der Waals surface area contributed by atoms with Crippen molar-refractivity contribution in [2.45, 2.75) is 32.2 Å². The first-order chi connectivity index (χ1) is 11.3. The first-order valence-corrected chi connectivity index (χ1v) is 7.97. The molecule has 1 aromatic carbocycles. The van der Waals surface area contributed by atoms with Gasteiger partial charge in [-0.15, -0.1) is 0 Å². The minimum atomic E-state index is 0.307. The van der Waals surface area contributed by atoms with Crippen molar-refractivity contribution >= 4 is 5.82 Å². The summed E-state index contributed by atoms with van der Waals surface area (Å²) < 4.78 is 1.77. The number of aryl methyl sites for hydroxylation is 2. The van der Waals surface area contributed by atoms with E-state index in [-0.39, 0.29) is 0 Å². The molecule has 23 heavy (non-hydrogen) atoms. The van der Waals surface area contributed by atoms with E-state index in [4.69, 9.17) is 0 Å². The third kappa shape index (κ3) is 2.82. The van der Waals surface area contributed by atoms with Gasteiger partial charge in [0.05, 0.1) is 12.2 Å². The number of nitrogens with one attached hydrogen (secondary N) is 1. The van der Waals surface area contributed by atoms with E-state index < -0.39 is 0 Å². The third-order valence-electron chi connectivity index (χ3n) is 4.29. The van der Waals surface area contributed by atoms with Crippen LogP contribution in [0.4, 0.5) is 5.82 Å². The SMILES string of the molecule is Cc1cnn(-c2cc(NC3CCCc4ccccc43)ncn2)c1. The summed E-state index contributed by atoms with van der Waals surface area (Å²) in [4.78, 5) is 8.69. The van der Waals surface area contributed by atoms with Gasteiger partial charge in [0.15, 0.2) is 5.82 Å². The standard InChI is InChI=1S/C18H19N5/c1-13-10-21-23(11-13)18-9-17(19-12-20-18)22-16-8-4-6-14-5-2-3-7-15(14)16/h2-3,5,7,9-12,16H,4,6,8H2,1H3,(H,19,20,22). The van der Waals surface area contributed by atoms with Crippen molar-refractivity contribution < 1.29 is 0 Å². The zero-order valence-electron chi connectivity index (χ0n) is 13.1. The number of benzene rings is 1. The van der Waals surface area contributed by atoms with E-state index in [0.717, 1.165) is 30.0 Å². The van der Waals surface area contributed by atoms with E-state index in [1.807, 2.05) is 25.4 Å². The largest absolute Gasteiger partial charge is 0.363 e. The smallest absolute Gasteiger partial charge is 0.158 e. The molecule has 5 nitrogen and oxygen atoms in total. The van der Waals surface area contributed by atoms with E-state index in [9.17, 15) is 0 Å². The van der Waals surface area contributed by atoms with Crippen LogP contribution in [0.5, 0.6) is 0 Å². The molecule has 0 fully saturated rings. The molecule has 0 bridgehead atoms. The van der Waals surface area contributed by atoms with Crippen molar-refractivity contribution in [3.8, 4) is 5.82 Å². The third-order valence-corrected chi connectivity index (χ3v) is 4.29. The van der Waals surface area contributed by atoms with Crippen molar-refractivity contribution in [2.24, 2.45) is 0 Å². The Hall–Kier alpha value is -2.69. The highest BCUT2D eigenvalue weighted by Gasteiger charge is 2.20. The van der Waals surface area contributed by atoms with E-state index in [1.54, 1.807) is 11.0 Å². The highest BCUT2D eigenvalue weighted by atomic mass is 15.3. The Labute approximate surface area is 135 Å². The van der Waals surface area contributed by atoms with Crippen LogP contribution in [-0.2, 0) is 6.42 Å². The van der Waals surface area contributed by atoms with Crippen molar-refractivity contribution in [1.82, 2.24) is 19.7 Å². The Morgan fingerprint density at radius 1 is 1.22 bits per heavy atom. The van der Waals surface area contributed by atoms with E-state index in [1.165, 1.54) is 17.5 Å². The molecule has 1 aliphatic carbocycles. The number of fused-ring (bicyclic) bond motifs is 1. The summed E-state index contributed by atoms with van der Waals surface area (Å²) >= 11 is 0. The molecule has 1 N–H and O–H groups in total. The molecule has 1 unspecified atom stereocenters. The summed E-state index contributed by atoms with van der Waals surface area (Å²) in [6, 6.07) is 10.9. The zero-order valence-corrected chi connectivity index (χ0v) is 13.1. The van der Waals surface area contributed by atoms with Gasteiger partial charge in [0.25, 0.3) is 0 Å². The van der Waals surface area contributed by atoms with Crippen molar-refractivity contribution in [3.63, 3.8) is 0 Å². The highest BCUT2D eigenvalue weighted by Crippen LogP contribution is 2.31. The first kappa shape index (κ1) is 13.9.